The summed E-state index contributed by atoms with van der Waals surface area (Å²) in [7, 11) is 0. The Labute approximate surface area is 244 Å². The van der Waals surface area contributed by atoms with E-state index in [0.717, 1.165) is 0 Å². The van der Waals surface area contributed by atoms with Crippen LogP contribution in [0.15, 0.2) is 60.7 Å². The molecule has 8 nitrogen and oxygen atoms in total. The molecule has 0 saturated carbocycles. The molecule has 0 unspecified atom stereocenters. The van der Waals surface area contributed by atoms with Crippen LogP contribution in [-0.2, 0) is 71.4 Å². The van der Waals surface area contributed by atoms with Crippen molar-refractivity contribution in [2.45, 2.75) is 22.8 Å². The van der Waals surface area contributed by atoms with Gasteiger partial charge in [0.05, 0.1) is 0 Å². The molecule has 0 N–H and O–H groups in total. The van der Waals surface area contributed by atoms with E-state index in [2.05, 4.69) is 137 Å². The molecule has 2 aromatic carbocycles. The second-order valence-corrected chi connectivity index (χ2v) is 14.1. The van der Waals surface area contributed by atoms with Crippen LogP contribution in [0.4, 0.5) is 0 Å². The van der Waals surface area contributed by atoms with Crippen molar-refractivity contribution in [2.75, 3.05) is 0 Å². The van der Waals surface area contributed by atoms with E-state index >= 15 is 0 Å². The van der Waals surface area contributed by atoms with E-state index < -0.39 is 29.3 Å². The van der Waals surface area contributed by atoms with Crippen LogP contribution in [0.2, 0.25) is 22.8 Å². The smallest absolute Gasteiger partial charge is 0 e. The Morgan fingerprint density at radius 1 is 0.361 bits per heavy atom. The van der Waals surface area contributed by atoms with Crippen molar-refractivity contribution in [2.24, 2.45) is 0 Å². The molecule has 0 aromatic heterocycles. The standard InChI is InChI=1S/2C8H11As.8CO.2Mn/c2*1-9(2)8-6-4-3-5-7-8;8*1-2;;/h2*3-7H,1-2H3;;;;;;;;;;. The fourth-order valence-corrected chi connectivity index (χ4v) is 4.68. The maximum Gasteiger partial charge on any atom is 0 e. The molecule has 190 valence electrons. The van der Waals surface area contributed by atoms with E-state index in [0.29, 0.717) is 0 Å². The monoisotopic (exact) mass is 698 g/mol. The van der Waals surface area contributed by atoms with Gasteiger partial charge in [0.2, 0.25) is 0 Å². The van der Waals surface area contributed by atoms with Gasteiger partial charge in [-0.1, -0.05) is 0 Å². The summed E-state index contributed by atoms with van der Waals surface area (Å²) in [5.41, 5.74) is 9.40. The zero-order valence-corrected chi connectivity index (χ0v) is 25.8. The zero-order chi connectivity index (χ0) is 29.4. The molecule has 12 heteroatoms. The second kappa shape index (κ2) is 84.2. The van der Waals surface area contributed by atoms with E-state index in [4.69, 9.17) is 37.2 Å². The van der Waals surface area contributed by atoms with Gasteiger partial charge in [-0.25, -0.2) is 0 Å². The minimum Gasteiger partial charge on any atom is 0 e. The molecule has 0 aliphatic heterocycles. The second-order valence-electron chi connectivity index (χ2n) is 4.46. The molecule has 0 heterocycles. The SMILES string of the molecule is C[As](C)c1ccccc1.C[As](C)c1ccccc1.[C-]#[O+].[C-]#[O+].[C-]#[O+].[C-]#[O+].[C-]#[O+].[C-]#[O+].[C-]#[O+].[C-]#[O+].[Mn].[Mn]. The average Bonchev–Trinajstić information content (AvgIpc) is 2.98. The van der Waals surface area contributed by atoms with Crippen molar-refractivity contribution in [1.82, 2.24) is 0 Å². The summed E-state index contributed by atoms with van der Waals surface area (Å²) in [4.78, 5) is 0. The molecule has 0 bridgehead atoms. The van der Waals surface area contributed by atoms with Crippen LogP contribution >= 0.6 is 0 Å². The van der Waals surface area contributed by atoms with E-state index in [1.807, 2.05) is 0 Å². The Bertz CT molecular complexity index is 654. The Kier molecular flexibility index (Phi) is 151. The van der Waals surface area contributed by atoms with Gasteiger partial charge in [0, 0.05) is 34.1 Å². The van der Waals surface area contributed by atoms with Crippen molar-refractivity contribution >= 4 is 38.0 Å². The Hall–Kier alpha value is -1.48. The van der Waals surface area contributed by atoms with Gasteiger partial charge in [-0.15, -0.1) is 0 Å². The number of hydrogen-bond acceptors (Lipinski definition) is 0. The van der Waals surface area contributed by atoms with Crippen LogP contribution in [0.25, 0.3) is 0 Å². The van der Waals surface area contributed by atoms with E-state index in [1.165, 1.54) is 0 Å². The predicted molar refractivity (Wildman–Crippen MR) is 119 cm³/mol. The molecule has 2 rings (SSSR count). The molecule has 0 fully saturated rings. The van der Waals surface area contributed by atoms with Crippen molar-refractivity contribution in [3.63, 3.8) is 0 Å². The first-order valence-electron chi connectivity index (χ1n) is 7.69. The molecular formula is C24H22As2Mn2O8. The van der Waals surface area contributed by atoms with Crippen molar-refractivity contribution in [1.29, 1.82) is 0 Å². The maximum absolute atomic E-state index is 7.50. The first-order chi connectivity index (χ1) is 16.6. The van der Waals surface area contributed by atoms with Gasteiger partial charge >= 0.3 is 212 Å². The quantitative estimate of drug-likeness (QED) is 0.257. The molecular weight excluding hydrogens is 676 g/mol. The van der Waals surface area contributed by atoms with E-state index in [-0.39, 0.29) is 34.1 Å². The maximum atomic E-state index is 7.50. The third-order valence-corrected chi connectivity index (χ3v) is 8.13. The Morgan fingerprint density at radius 2 is 0.500 bits per heavy atom. The summed E-state index contributed by atoms with van der Waals surface area (Å²) < 4.78 is 63.1. The normalized spacial score (nSPS) is 5.50. The molecule has 0 aliphatic rings. The molecule has 0 saturated heterocycles. The largest absolute Gasteiger partial charge is 0 e. The van der Waals surface area contributed by atoms with Crippen molar-refractivity contribution in [3.8, 4) is 0 Å². The van der Waals surface area contributed by atoms with Crippen LogP contribution in [0.5, 0.6) is 0 Å². The summed E-state index contributed by atoms with van der Waals surface area (Å²) in [6, 6.07) is 21.5. The average molecular weight is 698 g/mol. The van der Waals surface area contributed by atoms with E-state index in [1.54, 1.807) is 8.70 Å². The topological polar surface area (TPSA) is 159 Å². The van der Waals surface area contributed by atoms with Gasteiger partial charge in [0.1, 0.15) is 0 Å². The fourth-order valence-electron chi connectivity index (χ4n) is 1.45. The number of hydrogen-bond donors (Lipinski definition) is 0. The first kappa shape index (κ1) is 64.5. The van der Waals surface area contributed by atoms with Gasteiger partial charge in [-0.2, -0.15) is 0 Å². The van der Waals surface area contributed by atoms with Gasteiger partial charge < -0.3 is 0 Å². The van der Waals surface area contributed by atoms with Gasteiger partial charge in [0.15, 0.2) is 0 Å². The number of rotatable bonds is 2. The third kappa shape index (κ3) is 63.7. The molecule has 2 aromatic rings. The predicted octanol–water partition coefficient (Wildman–Crippen LogP) is 2.99. The van der Waals surface area contributed by atoms with E-state index in [9.17, 15) is 0 Å². The van der Waals surface area contributed by atoms with Crippen LogP contribution in [-0.4, -0.2) is 29.3 Å². The van der Waals surface area contributed by atoms with Crippen LogP contribution in [0, 0.1) is 53.2 Å². The van der Waals surface area contributed by atoms with Crippen molar-refractivity contribution in [3.05, 3.63) is 114 Å². The minimum absolute atomic E-state index is 0. The number of benzene rings is 2. The molecule has 0 amide bonds. The molecule has 0 spiro atoms. The summed E-state index contributed by atoms with van der Waals surface area (Å²) >= 11 is -1.18. The zero-order valence-electron chi connectivity index (χ0n) is 19.7. The fraction of sp³-hybridized carbons (Fsp3) is 0.167. The third-order valence-electron chi connectivity index (χ3n) is 2.55. The van der Waals surface area contributed by atoms with Gasteiger partial charge in [-0.3, -0.25) is 0 Å². The summed E-state index contributed by atoms with van der Waals surface area (Å²) in [6.07, 6.45) is 0. The Morgan fingerprint density at radius 3 is 0.583 bits per heavy atom. The van der Waals surface area contributed by atoms with Crippen molar-refractivity contribution < 1.29 is 71.4 Å². The summed E-state index contributed by atoms with van der Waals surface area (Å²) in [5, 5.41) is 0. The minimum atomic E-state index is -0.588. The summed E-state index contributed by atoms with van der Waals surface area (Å²) in [6.45, 7) is 36.0. The van der Waals surface area contributed by atoms with Gasteiger partial charge in [-0.05, 0) is 0 Å². The van der Waals surface area contributed by atoms with Crippen LogP contribution in [0.3, 0.4) is 0 Å². The molecule has 0 atom stereocenters. The molecule has 36 heavy (non-hydrogen) atoms. The molecule has 2 radical (unpaired) electrons. The Balaban J connectivity index is -0.0000000293. The first-order valence-corrected chi connectivity index (χ1v) is 17.1. The van der Waals surface area contributed by atoms with Crippen LogP contribution in [0.1, 0.15) is 0 Å². The molecule has 0 aliphatic carbocycles. The van der Waals surface area contributed by atoms with Gasteiger partial charge in [0.25, 0.3) is 0 Å². The van der Waals surface area contributed by atoms with Crippen LogP contribution < -0.4 is 8.70 Å². The summed E-state index contributed by atoms with van der Waals surface area (Å²) in [5.74, 6) is 0.